The lowest BCUT2D eigenvalue weighted by Gasteiger charge is -2.07. The van der Waals surface area contributed by atoms with E-state index < -0.39 is 0 Å². The minimum absolute atomic E-state index is 0.510. The predicted octanol–water partition coefficient (Wildman–Crippen LogP) is 4.71. The van der Waals surface area contributed by atoms with Crippen LogP contribution in [0.2, 0.25) is 5.02 Å². The van der Waals surface area contributed by atoms with Gasteiger partial charge < -0.3 is 4.74 Å². The molecule has 0 fully saturated rings. The number of aldehydes is 1. The summed E-state index contributed by atoms with van der Waals surface area (Å²) >= 11 is 9.35. The molecule has 0 amide bonds. The monoisotopic (exact) mass is 310 g/mol. The minimum atomic E-state index is 0.510. The molecule has 0 radical (unpaired) electrons. The standard InChI is InChI=1S/C13H8BrClO2/c14-10-4-5-13(12(15)7-10)17-11-3-1-2-9(6-11)8-16/h1-8H. The quantitative estimate of drug-likeness (QED) is 0.768. The summed E-state index contributed by atoms with van der Waals surface area (Å²) in [4.78, 5) is 10.6. The number of carbonyl (C=O) groups is 1. The number of hydrogen-bond donors (Lipinski definition) is 0. The fraction of sp³-hybridized carbons (Fsp3) is 0. The van der Waals surface area contributed by atoms with Crippen LogP contribution in [0, 0.1) is 0 Å². The van der Waals surface area contributed by atoms with Gasteiger partial charge in [0.2, 0.25) is 0 Å². The number of halogens is 2. The first-order valence-electron chi connectivity index (χ1n) is 4.87. The van der Waals surface area contributed by atoms with Gasteiger partial charge in [-0.05, 0) is 30.3 Å². The maximum Gasteiger partial charge on any atom is 0.150 e. The van der Waals surface area contributed by atoms with Crippen molar-refractivity contribution in [2.24, 2.45) is 0 Å². The predicted molar refractivity (Wildman–Crippen MR) is 71.1 cm³/mol. The van der Waals surface area contributed by atoms with Crippen molar-refractivity contribution >= 4 is 33.8 Å². The molecule has 0 N–H and O–H groups in total. The molecule has 0 atom stereocenters. The third kappa shape index (κ3) is 3.08. The minimum Gasteiger partial charge on any atom is -0.456 e. The SMILES string of the molecule is O=Cc1cccc(Oc2ccc(Br)cc2Cl)c1. The van der Waals surface area contributed by atoms with Crippen LogP contribution in [0.1, 0.15) is 10.4 Å². The van der Waals surface area contributed by atoms with E-state index in [9.17, 15) is 4.79 Å². The average molecular weight is 312 g/mol. The van der Waals surface area contributed by atoms with Gasteiger partial charge in [-0.15, -0.1) is 0 Å². The lowest BCUT2D eigenvalue weighted by Crippen LogP contribution is -1.87. The summed E-state index contributed by atoms with van der Waals surface area (Å²) in [6.45, 7) is 0. The lowest BCUT2D eigenvalue weighted by atomic mass is 10.2. The molecule has 0 heterocycles. The molecule has 4 heteroatoms. The highest BCUT2D eigenvalue weighted by Crippen LogP contribution is 2.31. The van der Waals surface area contributed by atoms with Crippen molar-refractivity contribution in [1.82, 2.24) is 0 Å². The average Bonchev–Trinajstić information content (AvgIpc) is 2.33. The summed E-state index contributed by atoms with van der Waals surface area (Å²) in [6.07, 6.45) is 0.774. The molecule has 0 unspecified atom stereocenters. The summed E-state index contributed by atoms with van der Waals surface area (Å²) in [7, 11) is 0. The summed E-state index contributed by atoms with van der Waals surface area (Å²) in [6, 6.07) is 12.2. The zero-order valence-electron chi connectivity index (χ0n) is 8.69. The van der Waals surface area contributed by atoms with Crippen LogP contribution in [-0.4, -0.2) is 6.29 Å². The van der Waals surface area contributed by atoms with E-state index in [0.29, 0.717) is 22.1 Å². The summed E-state index contributed by atoms with van der Waals surface area (Å²) in [5.74, 6) is 1.14. The van der Waals surface area contributed by atoms with Crippen molar-refractivity contribution in [2.75, 3.05) is 0 Å². The van der Waals surface area contributed by atoms with Gasteiger partial charge >= 0.3 is 0 Å². The van der Waals surface area contributed by atoms with Crippen molar-refractivity contribution in [3.63, 3.8) is 0 Å². The van der Waals surface area contributed by atoms with Gasteiger partial charge in [0.1, 0.15) is 17.8 Å². The van der Waals surface area contributed by atoms with E-state index in [2.05, 4.69) is 15.9 Å². The fourth-order valence-corrected chi connectivity index (χ4v) is 2.05. The van der Waals surface area contributed by atoms with Crippen molar-refractivity contribution in [3.05, 3.63) is 57.5 Å². The Balaban J connectivity index is 2.27. The second kappa shape index (κ2) is 5.34. The van der Waals surface area contributed by atoms with Gasteiger partial charge in [-0.25, -0.2) is 0 Å². The Bertz CT molecular complexity index is 555. The molecule has 0 saturated heterocycles. The van der Waals surface area contributed by atoms with Gasteiger partial charge in [0.25, 0.3) is 0 Å². The van der Waals surface area contributed by atoms with Gasteiger partial charge in [-0.1, -0.05) is 39.7 Å². The molecule has 17 heavy (non-hydrogen) atoms. The van der Waals surface area contributed by atoms with Gasteiger partial charge in [0.15, 0.2) is 0 Å². The Hall–Kier alpha value is -1.32. The van der Waals surface area contributed by atoms with Gasteiger partial charge in [-0.2, -0.15) is 0 Å². The van der Waals surface area contributed by atoms with Crippen LogP contribution in [0.4, 0.5) is 0 Å². The molecular formula is C13H8BrClO2. The maximum absolute atomic E-state index is 10.6. The topological polar surface area (TPSA) is 26.3 Å². The van der Waals surface area contributed by atoms with Gasteiger partial charge in [0.05, 0.1) is 5.02 Å². The van der Waals surface area contributed by atoms with Crippen LogP contribution >= 0.6 is 27.5 Å². The highest BCUT2D eigenvalue weighted by molar-refractivity contribution is 9.10. The first kappa shape index (κ1) is 12.1. The highest BCUT2D eigenvalue weighted by atomic mass is 79.9. The molecule has 0 saturated carbocycles. The third-order valence-corrected chi connectivity index (χ3v) is 2.90. The normalized spacial score (nSPS) is 10.0. The van der Waals surface area contributed by atoms with E-state index in [4.69, 9.17) is 16.3 Å². The Kier molecular flexibility index (Phi) is 3.82. The Labute approximate surface area is 112 Å². The molecule has 0 spiro atoms. The molecule has 86 valence electrons. The fourth-order valence-electron chi connectivity index (χ4n) is 1.34. The number of hydrogen-bond acceptors (Lipinski definition) is 2. The highest BCUT2D eigenvalue weighted by Gasteiger charge is 2.04. The Morgan fingerprint density at radius 2 is 2.00 bits per heavy atom. The zero-order chi connectivity index (χ0) is 12.3. The van der Waals surface area contributed by atoms with Crippen LogP contribution in [0.5, 0.6) is 11.5 Å². The van der Waals surface area contributed by atoms with Crippen molar-refractivity contribution < 1.29 is 9.53 Å². The van der Waals surface area contributed by atoms with Crippen molar-refractivity contribution in [3.8, 4) is 11.5 Å². The second-order valence-electron chi connectivity index (χ2n) is 3.37. The van der Waals surface area contributed by atoms with Gasteiger partial charge in [0, 0.05) is 10.0 Å². The van der Waals surface area contributed by atoms with Crippen LogP contribution in [0.25, 0.3) is 0 Å². The van der Waals surface area contributed by atoms with Crippen LogP contribution in [0.3, 0.4) is 0 Å². The van der Waals surface area contributed by atoms with E-state index in [1.807, 2.05) is 6.07 Å². The number of rotatable bonds is 3. The molecule has 0 bridgehead atoms. The van der Waals surface area contributed by atoms with Crippen LogP contribution < -0.4 is 4.74 Å². The number of benzene rings is 2. The molecule has 2 aromatic carbocycles. The van der Waals surface area contributed by atoms with Crippen molar-refractivity contribution in [1.29, 1.82) is 0 Å². The first-order chi connectivity index (χ1) is 8.19. The van der Waals surface area contributed by atoms with Crippen molar-refractivity contribution in [2.45, 2.75) is 0 Å². The van der Waals surface area contributed by atoms with Gasteiger partial charge in [-0.3, -0.25) is 4.79 Å². The van der Waals surface area contributed by atoms with E-state index in [0.717, 1.165) is 10.8 Å². The number of carbonyl (C=O) groups excluding carboxylic acids is 1. The molecule has 0 aromatic heterocycles. The largest absolute Gasteiger partial charge is 0.456 e. The summed E-state index contributed by atoms with van der Waals surface area (Å²) in [5, 5.41) is 0.510. The van der Waals surface area contributed by atoms with Crippen LogP contribution in [0.15, 0.2) is 46.9 Å². The lowest BCUT2D eigenvalue weighted by molar-refractivity contribution is 0.112. The van der Waals surface area contributed by atoms with E-state index in [1.165, 1.54) is 0 Å². The first-order valence-corrected chi connectivity index (χ1v) is 6.04. The Morgan fingerprint density at radius 1 is 1.18 bits per heavy atom. The molecule has 2 rings (SSSR count). The molecule has 2 aromatic rings. The second-order valence-corrected chi connectivity index (χ2v) is 4.69. The summed E-state index contributed by atoms with van der Waals surface area (Å²) < 4.78 is 6.48. The smallest absolute Gasteiger partial charge is 0.150 e. The molecule has 0 aliphatic rings. The van der Waals surface area contributed by atoms with E-state index in [1.54, 1.807) is 36.4 Å². The van der Waals surface area contributed by atoms with E-state index >= 15 is 0 Å². The van der Waals surface area contributed by atoms with Crippen LogP contribution in [-0.2, 0) is 0 Å². The molecule has 2 nitrogen and oxygen atoms in total. The summed E-state index contributed by atoms with van der Waals surface area (Å²) in [5.41, 5.74) is 0.565. The molecular weight excluding hydrogens is 303 g/mol. The zero-order valence-corrected chi connectivity index (χ0v) is 11.0. The third-order valence-electron chi connectivity index (χ3n) is 2.12. The van der Waals surface area contributed by atoms with E-state index in [-0.39, 0.29) is 0 Å². The maximum atomic E-state index is 10.6. The number of ether oxygens (including phenoxy) is 1. The molecule has 0 aliphatic carbocycles. The molecule has 0 aliphatic heterocycles. The Morgan fingerprint density at radius 3 is 2.71 bits per heavy atom.